The van der Waals surface area contributed by atoms with Crippen LogP contribution in [0.3, 0.4) is 0 Å². The highest BCUT2D eigenvalue weighted by Crippen LogP contribution is 2.41. The number of likely N-dealkylation sites (N-methyl/N-ethyl adjacent to an activating group) is 1. The molecule has 3 aromatic rings. The van der Waals surface area contributed by atoms with Gasteiger partial charge in [0.1, 0.15) is 5.15 Å². The number of carbonyl (C=O) groups excluding carboxylic acids is 2. The number of carbonyl (C=O) groups is 2. The van der Waals surface area contributed by atoms with E-state index >= 15 is 0 Å². The van der Waals surface area contributed by atoms with Crippen LogP contribution in [0.5, 0.6) is 0 Å². The Morgan fingerprint density at radius 2 is 2.00 bits per heavy atom. The quantitative estimate of drug-likeness (QED) is 0.288. The average Bonchev–Trinajstić information content (AvgIpc) is 3.47. The largest absolute Gasteiger partial charge is 0.368 e. The molecule has 4 N–H and O–H groups in total. The Kier molecular flexibility index (Phi) is 7.65. The highest BCUT2D eigenvalue weighted by Gasteiger charge is 2.37. The fourth-order valence-corrected chi connectivity index (χ4v) is 4.64. The van der Waals surface area contributed by atoms with Gasteiger partial charge >= 0.3 is 0 Å². The maximum atomic E-state index is 13.6. The Hall–Kier alpha value is -3.70. The summed E-state index contributed by atoms with van der Waals surface area (Å²) in [5.41, 5.74) is 10.2. The molecule has 0 aromatic carbocycles. The third-order valence-electron chi connectivity index (χ3n) is 6.85. The fraction of sp³-hybridized carbons (Fsp3) is 0.400. The van der Waals surface area contributed by atoms with E-state index in [4.69, 9.17) is 17.3 Å². The zero-order chi connectivity index (χ0) is 26.9. The Balaban J connectivity index is 1.64. The molecule has 0 radical (unpaired) electrons. The number of amides is 2. The van der Waals surface area contributed by atoms with Crippen molar-refractivity contribution in [3.05, 3.63) is 51.2 Å². The number of anilines is 2. The lowest BCUT2D eigenvalue weighted by Gasteiger charge is -2.17. The van der Waals surface area contributed by atoms with Crippen molar-refractivity contribution in [2.24, 2.45) is 7.05 Å². The van der Waals surface area contributed by atoms with Gasteiger partial charge in [0.05, 0.1) is 29.4 Å². The van der Waals surface area contributed by atoms with Crippen molar-refractivity contribution < 1.29 is 9.59 Å². The monoisotopic (exact) mass is 525 g/mol. The van der Waals surface area contributed by atoms with E-state index in [0.717, 1.165) is 36.5 Å². The summed E-state index contributed by atoms with van der Waals surface area (Å²) in [7, 11) is 1.84. The molecule has 1 aliphatic heterocycles. The Bertz CT molecular complexity index is 1370. The van der Waals surface area contributed by atoms with E-state index < -0.39 is 0 Å². The molecule has 0 bridgehead atoms. The van der Waals surface area contributed by atoms with Crippen LogP contribution in [0.1, 0.15) is 52.3 Å². The number of hydrogen-bond acceptors (Lipinski definition) is 7. The molecule has 0 spiro atoms. The molecule has 11 nitrogen and oxygen atoms in total. The summed E-state index contributed by atoms with van der Waals surface area (Å²) in [6.45, 7) is 11.4. The molecule has 2 amide bonds. The number of nitrogens with one attached hydrogen (secondary N) is 2. The number of aromatic amines is 1. The van der Waals surface area contributed by atoms with Gasteiger partial charge in [0, 0.05) is 43.3 Å². The third kappa shape index (κ3) is 5.09. The van der Waals surface area contributed by atoms with Crippen molar-refractivity contribution in [3.63, 3.8) is 0 Å². The van der Waals surface area contributed by atoms with Gasteiger partial charge in [-0.15, -0.1) is 0 Å². The highest BCUT2D eigenvalue weighted by molar-refractivity contribution is 6.41. The lowest BCUT2D eigenvalue weighted by atomic mass is 10.1. The minimum absolute atomic E-state index is 0.0227. The molecule has 3 aromatic heterocycles. The van der Waals surface area contributed by atoms with E-state index in [2.05, 4.69) is 44.1 Å². The lowest BCUT2D eigenvalue weighted by molar-refractivity contribution is -0.113. The zero-order valence-corrected chi connectivity index (χ0v) is 22.5. The second-order valence-corrected chi connectivity index (χ2v) is 9.28. The number of fused-ring (bicyclic) bond motifs is 1. The molecule has 1 aliphatic rings. The van der Waals surface area contributed by atoms with Crippen LogP contribution in [0.25, 0.3) is 11.6 Å². The Morgan fingerprint density at radius 1 is 1.27 bits per heavy atom. The van der Waals surface area contributed by atoms with Gasteiger partial charge in [-0.3, -0.25) is 19.2 Å². The number of nitrogen functional groups attached to an aromatic ring is 1. The van der Waals surface area contributed by atoms with Gasteiger partial charge in [-0.1, -0.05) is 25.4 Å². The number of nitrogens with zero attached hydrogens (tertiary/aromatic N) is 6. The van der Waals surface area contributed by atoms with E-state index in [1.54, 1.807) is 23.2 Å². The number of aryl methyl sites for hydroxylation is 1. The van der Waals surface area contributed by atoms with Gasteiger partial charge in [0.2, 0.25) is 5.95 Å². The van der Waals surface area contributed by atoms with E-state index in [-0.39, 0.29) is 29.5 Å². The molecule has 0 fully saturated rings. The number of nitrogens with two attached hydrogens (primary N) is 1. The first-order valence-corrected chi connectivity index (χ1v) is 12.6. The summed E-state index contributed by atoms with van der Waals surface area (Å²) >= 11 is 6.46. The predicted octanol–water partition coefficient (Wildman–Crippen LogP) is 2.55. The van der Waals surface area contributed by atoms with E-state index in [0.29, 0.717) is 34.8 Å². The first kappa shape index (κ1) is 26.4. The average molecular weight is 526 g/mol. The molecule has 0 unspecified atom stereocenters. The predicted molar refractivity (Wildman–Crippen MR) is 144 cm³/mol. The van der Waals surface area contributed by atoms with E-state index in [9.17, 15) is 9.59 Å². The van der Waals surface area contributed by atoms with Gasteiger partial charge in [-0.25, -0.2) is 4.98 Å². The summed E-state index contributed by atoms with van der Waals surface area (Å²) in [6.07, 6.45) is 5.05. The number of rotatable bonds is 9. The topological polar surface area (TPSA) is 138 Å². The number of hydrogen-bond donors (Lipinski definition) is 3. The Morgan fingerprint density at radius 3 is 2.65 bits per heavy atom. The normalized spacial score (nSPS) is 14.2. The van der Waals surface area contributed by atoms with Gasteiger partial charge < -0.3 is 20.9 Å². The van der Waals surface area contributed by atoms with Crippen molar-refractivity contribution >= 4 is 46.8 Å². The van der Waals surface area contributed by atoms with Crippen molar-refractivity contribution in [2.45, 2.75) is 34.2 Å². The smallest absolute Gasteiger partial charge is 0.260 e. The molecule has 196 valence electrons. The molecule has 12 heteroatoms. The maximum absolute atomic E-state index is 13.6. The molecule has 4 heterocycles. The molecule has 0 aliphatic carbocycles. The lowest BCUT2D eigenvalue weighted by Crippen LogP contribution is -2.34. The minimum atomic E-state index is -0.292. The second kappa shape index (κ2) is 10.7. The first-order chi connectivity index (χ1) is 17.7. The van der Waals surface area contributed by atoms with Crippen molar-refractivity contribution in [2.75, 3.05) is 36.8 Å². The van der Waals surface area contributed by atoms with Crippen LogP contribution >= 0.6 is 11.6 Å². The van der Waals surface area contributed by atoms with Crippen molar-refractivity contribution in [1.82, 2.24) is 34.9 Å². The first-order valence-electron chi connectivity index (χ1n) is 12.2. The maximum Gasteiger partial charge on any atom is 0.260 e. The highest BCUT2D eigenvalue weighted by atomic mass is 35.5. The number of H-pyrrole nitrogens is 1. The van der Waals surface area contributed by atoms with Crippen LogP contribution in [-0.2, 0) is 18.4 Å². The van der Waals surface area contributed by atoms with Crippen molar-refractivity contribution in [3.8, 4) is 0 Å². The molecule has 4 rings (SSSR count). The number of aromatic nitrogens is 5. The van der Waals surface area contributed by atoms with Crippen LogP contribution in [0, 0.1) is 13.8 Å². The summed E-state index contributed by atoms with van der Waals surface area (Å²) < 4.78 is 1.74. The molecule has 0 saturated carbocycles. The SMILES string of the molecule is CCN(CC)CCNC(=O)c1c[nH]c(C=C2C(=O)N(Cc3cnn(C)c3C)c3nc(N)nc(Cl)c32)c1C. The van der Waals surface area contributed by atoms with Gasteiger partial charge in [0.25, 0.3) is 11.8 Å². The van der Waals surface area contributed by atoms with Crippen LogP contribution in [0.4, 0.5) is 11.8 Å². The van der Waals surface area contributed by atoms with Crippen LogP contribution < -0.4 is 16.0 Å². The third-order valence-corrected chi connectivity index (χ3v) is 7.12. The minimum Gasteiger partial charge on any atom is -0.368 e. The zero-order valence-electron chi connectivity index (χ0n) is 21.7. The number of halogens is 1. The molecule has 0 saturated heterocycles. The summed E-state index contributed by atoms with van der Waals surface area (Å²) in [4.78, 5) is 41.7. The van der Waals surface area contributed by atoms with E-state index in [1.165, 1.54) is 4.90 Å². The van der Waals surface area contributed by atoms with Crippen LogP contribution in [0.2, 0.25) is 5.15 Å². The second-order valence-electron chi connectivity index (χ2n) is 8.92. The summed E-state index contributed by atoms with van der Waals surface area (Å²) in [6, 6.07) is 0. The molecular formula is C25H32ClN9O2. The van der Waals surface area contributed by atoms with Crippen LogP contribution in [0.15, 0.2) is 12.4 Å². The molecule has 37 heavy (non-hydrogen) atoms. The summed E-state index contributed by atoms with van der Waals surface area (Å²) in [5.74, 6) is -0.146. The Labute approximate surface area is 220 Å². The standard InChI is InChI=1S/C25H32ClN9O2/c1-6-34(7-2)9-8-28-23(36)18-12-29-19(14(18)3)10-17-20-21(26)31-25(27)32-22(20)35(24(17)37)13-16-11-30-33(5)15(16)4/h10-12,29H,6-9,13H2,1-5H3,(H,28,36)(H2,27,31,32). The van der Waals surface area contributed by atoms with Crippen LogP contribution in [-0.4, -0.2) is 67.6 Å². The van der Waals surface area contributed by atoms with E-state index in [1.807, 2.05) is 20.9 Å². The fourth-order valence-electron chi connectivity index (χ4n) is 4.37. The van der Waals surface area contributed by atoms with Gasteiger partial charge in [-0.05, 0) is 38.6 Å². The van der Waals surface area contributed by atoms with Gasteiger partial charge in [0.15, 0.2) is 5.82 Å². The molecular weight excluding hydrogens is 494 g/mol. The summed E-state index contributed by atoms with van der Waals surface area (Å²) in [5, 5.41) is 7.32. The van der Waals surface area contributed by atoms with Gasteiger partial charge in [-0.2, -0.15) is 10.1 Å². The molecule has 0 atom stereocenters. The van der Waals surface area contributed by atoms with Crippen molar-refractivity contribution in [1.29, 1.82) is 0 Å².